The fraction of sp³-hybridized carbons (Fsp3) is 0.350. The van der Waals surface area contributed by atoms with E-state index in [2.05, 4.69) is 15.9 Å². The SMILES string of the molecule is CC(C)(C)OC(=O)N1c2c(Br)cc(Cl)cc2CCC1c1ccc(Cl)cc1. The molecule has 0 saturated carbocycles. The van der Waals surface area contributed by atoms with E-state index in [-0.39, 0.29) is 12.1 Å². The minimum atomic E-state index is -0.585. The number of rotatable bonds is 1. The smallest absolute Gasteiger partial charge is 0.415 e. The summed E-state index contributed by atoms with van der Waals surface area (Å²) in [5.41, 5.74) is 2.28. The highest BCUT2D eigenvalue weighted by molar-refractivity contribution is 9.10. The second kappa shape index (κ2) is 7.41. The van der Waals surface area contributed by atoms with Gasteiger partial charge < -0.3 is 4.74 Å². The van der Waals surface area contributed by atoms with Crippen molar-refractivity contribution in [3.63, 3.8) is 0 Å². The first-order valence-corrected chi connectivity index (χ1v) is 9.96. The average molecular weight is 457 g/mol. The number of hydrogen-bond donors (Lipinski definition) is 0. The maximum atomic E-state index is 13.1. The summed E-state index contributed by atoms with van der Waals surface area (Å²) in [5.74, 6) is 0. The first-order chi connectivity index (χ1) is 12.2. The molecule has 1 atom stereocenters. The van der Waals surface area contributed by atoms with Gasteiger partial charge in [0, 0.05) is 14.5 Å². The van der Waals surface area contributed by atoms with E-state index in [4.69, 9.17) is 27.9 Å². The molecule has 2 aromatic carbocycles. The quantitative estimate of drug-likeness (QED) is 0.454. The predicted molar refractivity (Wildman–Crippen MR) is 110 cm³/mol. The summed E-state index contributed by atoms with van der Waals surface area (Å²) in [6.07, 6.45) is 1.23. The highest BCUT2D eigenvalue weighted by Gasteiger charge is 2.36. The molecule has 0 bridgehead atoms. The molecular formula is C20H20BrCl2NO2. The van der Waals surface area contributed by atoms with Crippen LogP contribution in [-0.2, 0) is 11.2 Å². The van der Waals surface area contributed by atoms with Crippen LogP contribution in [0.25, 0.3) is 0 Å². The van der Waals surface area contributed by atoms with Crippen LogP contribution in [0.15, 0.2) is 40.9 Å². The summed E-state index contributed by atoms with van der Waals surface area (Å²) in [6, 6.07) is 11.2. The number of fused-ring (bicyclic) bond motifs is 1. The van der Waals surface area contributed by atoms with Gasteiger partial charge in [0.15, 0.2) is 0 Å². The van der Waals surface area contributed by atoms with Crippen molar-refractivity contribution < 1.29 is 9.53 Å². The van der Waals surface area contributed by atoms with E-state index < -0.39 is 5.60 Å². The highest BCUT2D eigenvalue weighted by atomic mass is 79.9. The van der Waals surface area contributed by atoms with Crippen molar-refractivity contribution in [1.82, 2.24) is 0 Å². The van der Waals surface area contributed by atoms with Gasteiger partial charge in [-0.1, -0.05) is 35.3 Å². The fourth-order valence-electron chi connectivity index (χ4n) is 3.19. The van der Waals surface area contributed by atoms with Gasteiger partial charge in [0.25, 0.3) is 0 Å². The lowest BCUT2D eigenvalue weighted by Crippen LogP contribution is -2.42. The molecule has 138 valence electrons. The van der Waals surface area contributed by atoms with E-state index in [0.717, 1.165) is 34.1 Å². The molecule has 1 heterocycles. The van der Waals surface area contributed by atoms with Crippen molar-refractivity contribution in [2.24, 2.45) is 0 Å². The van der Waals surface area contributed by atoms with E-state index in [1.54, 1.807) is 4.90 Å². The third-order valence-electron chi connectivity index (χ3n) is 4.19. The summed E-state index contributed by atoms with van der Waals surface area (Å²) in [5, 5.41) is 1.31. The number of benzene rings is 2. The highest BCUT2D eigenvalue weighted by Crippen LogP contribution is 2.44. The monoisotopic (exact) mass is 455 g/mol. The molecule has 2 aromatic rings. The van der Waals surface area contributed by atoms with Gasteiger partial charge in [-0.15, -0.1) is 0 Å². The molecule has 0 fully saturated rings. The van der Waals surface area contributed by atoms with Crippen LogP contribution in [0.4, 0.5) is 10.5 Å². The third-order valence-corrected chi connectivity index (χ3v) is 5.27. The summed E-state index contributed by atoms with van der Waals surface area (Å²) in [4.78, 5) is 14.8. The first-order valence-electron chi connectivity index (χ1n) is 8.41. The van der Waals surface area contributed by atoms with Crippen LogP contribution >= 0.6 is 39.1 Å². The number of anilines is 1. The molecule has 0 aromatic heterocycles. The Hall–Kier alpha value is -1.23. The van der Waals surface area contributed by atoms with Crippen LogP contribution in [0, 0.1) is 0 Å². The van der Waals surface area contributed by atoms with E-state index >= 15 is 0 Å². The largest absolute Gasteiger partial charge is 0.443 e. The summed E-state index contributed by atoms with van der Waals surface area (Å²) >= 11 is 15.8. The minimum absolute atomic E-state index is 0.132. The molecule has 0 saturated heterocycles. The fourth-order valence-corrected chi connectivity index (χ4v) is 4.38. The molecule has 0 radical (unpaired) electrons. The lowest BCUT2D eigenvalue weighted by Gasteiger charge is -2.39. The van der Waals surface area contributed by atoms with Crippen LogP contribution < -0.4 is 4.90 Å². The molecular weight excluding hydrogens is 437 g/mol. The molecule has 1 unspecified atom stereocenters. The van der Waals surface area contributed by atoms with Gasteiger partial charge in [0.2, 0.25) is 0 Å². The van der Waals surface area contributed by atoms with Crippen LogP contribution in [0.1, 0.15) is 44.4 Å². The van der Waals surface area contributed by atoms with Crippen LogP contribution in [0.5, 0.6) is 0 Å². The van der Waals surface area contributed by atoms with Gasteiger partial charge in [0.05, 0.1) is 11.7 Å². The minimum Gasteiger partial charge on any atom is -0.443 e. The van der Waals surface area contributed by atoms with Gasteiger partial charge >= 0.3 is 6.09 Å². The normalized spacial score (nSPS) is 17.0. The molecule has 1 amide bonds. The Kier molecular flexibility index (Phi) is 5.57. The number of nitrogens with zero attached hydrogens (tertiary/aromatic N) is 1. The number of halogens is 3. The standard InChI is InChI=1S/C20H20BrCl2NO2/c1-20(2,3)26-19(25)24-17(12-4-7-14(22)8-5-12)9-6-13-10-15(23)11-16(21)18(13)24/h4-5,7-8,10-11,17H,6,9H2,1-3H3. The van der Waals surface area contributed by atoms with E-state index in [1.807, 2.05) is 57.2 Å². The van der Waals surface area contributed by atoms with Crippen LogP contribution in [-0.4, -0.2) is 11.7 Å². The Morgan fingerprint density at radius 3 is 2.42 bits per heavy atom. The summed E-state index contributed by atoms with van der Waals surface area (Å²) < 4.78 is 6.48. The molecule has 26 heavy (non-hydrogen) atoms. The number of carbonyl (C=O) groups is 1. The lowest BCUT2D eigenvalue weighted by atomic mass is 9.91. The maximum absolute atomic E-state index is 13.1. The number of aryl methyl sites for hydroxylation is 1. The Labute approximate surface area is 172 Å². The van der Waals surface area contributed by atoms with E-state index in [0.29, 0.717) is 10.0 Å². The first kappa shape index (κ1) is 19.5. The average Bonchev–Trinajstić information content (AvgIpc) is 2.53. The van der Waals surface area contributed by atoms with Gasteiger partial charge in [-0.2, -0.15) is 0 Å². The van der Waals surface area contributed by atoms with Gasteiger partial charge in [-0.3, -0.25) is 4.90 Å². The maximum Gasteiger partial charge on any atom is 0.415 e. The molecule has 1 aliphatic rings. The van der Waals surface area contributed by atoms with Gasteiger partial charge in [0.1, 0.15) is 5.60 Å². The Bertz CT molecular complexity index is 831. The van der Waals surface area contributed by atoms with Crippen molar-refractivity contribution in [2.75, 3.05) is 4.90 Å². The van der Waals surface area contributed by atoms with Crippen molar-refractivity contribution in [2.45, 2.75) is 45.3 Å². The van der Waals surface area contributed by atoms with E-state index in [1.165, 1.54) is 0 Å². The molecule has 0 N–H and O–H groups in total. The van der Waals surface area contributed by atoms with Crippen LogP contribution in [0.3, 0.4) is 0 Å². The van der Waals surface area contributed by atoms with Crippen molar-refractivity contribution >= 4 is 50.9 Å². The van der Waals surface area contributed by atoms with Crippen molar-refractivity contribution in [3.8, 4) is 0 Å². The van der Waals surface area contributed by atoms with E-state index in [9.17, 15) is 4.79 Å². The molecule has 6 heteroatoms. The second-order valence-corrected chi connectivity index (χ2v) is 9.08. The van der Waals surface area contributed by atoms with Gasteiger partial charge in [-0.25, -0.2) is 4.79 Å². The zero-order valence-corrected chi connectivity index (χ0v) is 18.0. The topological polar surface area (TPSA) is 29.5 Å². The summed E-state index contributed by atoms with van der Waals surface area (Å²) in [7, 11) is 0. The molecule has 3 nitrogen and oxygen atoms in total. The van der Waals surface area contributed by atoms with Crippen LogP contribution in [0.2, 0.25) is 10.0 Å². The predicted octanol–water partition coefficient (Wildman–Crippen LogP) is 7.18. The Morgan fingerprint density at radius 2 is 1.81 bits per heavy atom. The molecule has 3 rings (SSSR count). The zero-order chi connectivity index (χ0) is 19.1. The Morgan fingerprint density at radius 1 is 1.15 bits per heavy atom. The summed E-state index contributed by atoms with van der Waals surface area (Å²) in [6.45, 7) is 5.60. The number of amides is 1. The lowest BCUT2D eigenvalue weighted by molar-refractivity contribution is 0.0559. The van der Waals surface area contributed by atoms with Gasteiger partial charge in [-0.05, 0) is 84.9 Å². The second-order valence-electron chi connectivity index (χ2n) is 7.35. The Balaban J connectivity index is 2.10. The van der Waals surface area contributed by atoms with Crippen molar-refractivity contribution in [1.29, 1.82) is 0 Å². The zero-order valence-electron chi connectivity index (χ0n) is 14.9. The third kappa shape index (κ3) is 4.19. The number of ether oxygens (including phenoxy) is 1. The number of carbonyl (C=O) groups excluding carboxylic acids is 1. The molecule has 0 aliphatic carbocycles. The van der Waals surface area contributed by atoms with Crippen molar-refractivity contribution in [3.05, 3.63) is 62.0 Å². The molecule has 1 aliphatic heterocycles. The number of hydrogen-bond acceptors (Lipinski definition) is 2. The molecule has 0 spiro atoms.